The second-order valence-electron chi connectivity index (χ2n) is 6.97. The van der Waals surface area contributed by atoms with Gasteiger partial charge in [0, 0.05) is 16.1 Å². The number of aromatic carboxylic acids is 2. The smallest absolute Gasteiger partial charge is 0.335 e. The van der Waals surface area contributed by atoms with Crippen molar-refractivity contribution in [3.05, 3.63) is 86.4 Å². The third-order valence-corrected chi connectivity index (χ3v) is 6.45. The molecule has 0 atom stereocenters. The van der Waals surface area contributed by atoms with E-state index in [-0.39, 0.29) is 39.7 Å². The van der Waals surface area contributed by atoms with E-state index in [9.17, 15) is 29.4 Å². The standard InChI is InChI=1S/C23H14BrNO7S/c24-17-4-2-1-3-12(17)11-25-20(26)19(33-23(25)31)10-16-5-6-18(32-16)13-7-14(21(27)28)9-15(8-13)22(29)30/h1-10H,11H2,(H,27,28)(H,29,30)/b19-10+. The van der Waals surface area contributed by atoms with Crippen LogP contribution in [-0.4, -0.2) is 38.2 Å². The zero-order valence-electron chi connectivity index (χ0n) is 16.6. The molecule has 0 unspecified atom stereocenters. The molecular formula is C23H14BrNO7S. The minimum Gasteiger partial charge on any atom is -0.478 e. The van der Waals surface area contributed by atoms with E-state index in [1.165, 1.54) is 24.3 Å². The van der Waals surface area contributed by atoms with Crippen LogP contribution in [0, 0.1) is 0 Å². The second-order valence-corrected chi connectivity index (χ2v) is 8.82. The summed E-state index contributed by atoms with van der Waals surface area (Å²) in [6, 6.07) is 14.0. The lowest BCUT2D eigenvalue weighted by Gasteiger charge is -2.13. The first-order chi connectivity index (χ1) is 15.7. The van der Waals surface area contributed by atoms with Gasteiger partial charge in [0.15, 0.2) is 0 Å². The van der Waals surface area contributed by atoms with Gasteiger partial charge in [-0.05, 0) is 53.7 Å². The third kappa shape index (κ3) is 4.76. The number of nitrogens with zero attached hydrogens (tertiary/aromatic N) is 1. The number of thioether (sulfide) groups is 1. The first-order valence-electron chi connectivity index (χ1n) is 9.43. The Morgan fingerprint density at radius 1 is 1.00 bits per heavy atom. The van der Waals surface area contributed by atoms with Gasteiger partial charge >= 0.3 is 11.9 Å². The Hall–Kier alpha value is -3.63. The lowest BCUT2D eigenvalue weighted by atomic mass is 10.0. The van der Waals surface area contributed by atoms with Crippen molar-refractivity contribution < 1.29 is 33.8 Å². The number of carbonyl (C=O) groups is 4. The van der Waals surface area contributed by atoms with Crippen molar-refractivity contribution in [2.75, 3.05) is 0 Å². The molecule has 1 fully saturated rings. The summed E-state index contributed by atoms with van der Waals surface area (Å²) in [6.07, 6.45) is 1.42. The minimum absolute atomic E-state index is 0.118. The van der Waals surface area contributed by atoms with Gasteiger partial charge in [-0.25, -0.2) is 9.59 Å². The number of carboxylic acid groups (broad SMARTS) is 2. The molecule has 0 saturated carbocycles. The largest absolute Gasteiger partial charge is 0.478 e. The van der Waals surface area contributed by atoms with Crippen LogP contribution in [0.3, 0.4) is 0 Å². The molecule has 0 radical (unpaired) electrons. The number of furan rings is 1. The minimum atomic E-state index is -1.27. The van der Waals surface area contributed by atoms with Crippen molar-refractivity contribution in [1.82, 2.24) is 4.90 Å². The molecule has 4 rings (SSSR count). The molecule has 2 aromatic carbocycles. The monoisotopic (exact) mass is 527 g/mol. The molecule has 0 spiro atoms. The Morgan fingerprint density at radius 3 is 2.30 bits per heavy atom. The van der Waals surface area contributed by atoms with Crippen molar-refractivity contribution >= 4 is 56.9 Å². The van der Waals surface area contributed by atoms with Crippen LogP contribution in [0.1, 0.15) is 32.0 Å². The Labute approximate surface area is 199 Å². The fourth-order valence-corrected chi connectivity index (χ4v) is 4.39. The zero-order chi connectivity index (χ0) is 23.7. The first-order valence-corrected chi connectivity index (χ1v) is 11.0. The van der Waals surface area contributed by atoms with E-state index in [4.69, 9.17) is 4.42 Å². The Kier molecular flexibility index (Phi) is 6.21. The van der Waals surface area contributed by atoms with Crippen LogP contribution in [-0.2, 0) is 11.3 Å². The van der Waals surface area contributed by atoms with Gasteiger partial charge in [-0.2, -0.15) is 0 Å². The van der Waals surface area contributed by atoms with E-state index in [2.05, 4.69) is 15.9 Å². The number of amides is 2. The van der Waals surface area contributed by atoms with Gasteiger partial charge in [-0.3, -0.25) is 14.5 Å². The van der Waals surface area contributed by atoms with Gasteiger partial charge in [0.1, 0.15) is 11.5 Å². The zero-order valence-corrected chi connectivity index (χ0v) is 19.1. The maximum Gasteiger partial charge on any atom is 0.335 e. The molecule has 166 valence electrons. The molecule has 1 aliphatic rings. The Morgan fingerprint density at radius 2 is 1.67 bits per heavy atom. The molecule has 2 N–H and O–H groups in total. The predicted octanol–water partition coefficient (Wildman–Crippen LogP) is 5.34. The highest BCUT2D eigenvalue weighted by Crippen LogP contribution is 2.35. The number of carboxylic acids is 2. The first kappa shape index (κ1) is 22.6. The van der Waals surface area contributed by atoms with E-state index >= 15 is 0 Å². The van der Waals surface area contributed by atoms with Crippen LogP contribution in [0.4, 0.5) is 4.79 Å². The molecule has 1 aromatic heterocycles. The topological polar surface area (TPSA) is 125 Å². The Bertz CT molecular complexity index is 1310. The van der Waals surface area contributed by atoms with Gasteiger partial charge in [0.2, 0.25) is 0 Å². The van der Waals surface area contributed by atoms with Crippen LogP contribution in [0.2, 0.25) is 0 Å². The summed E-state index contributed by atoms with van der Waals surface area (Å²) in [6.45, 7) is 0.118. The summed E-state index contributed by atoms with van der Waals surface area (Å²) < 4.78 is 6.48. The van der Waals surface area contributed by atoms with Crippen LogP contribution < -0.4 is 0 Å². The lowest BCUT2D eigenvalue weighted by molar-refractivity contribution is -0.123. The van der Waals surface area contributed by atoms with Crippen molar-refractivity contribution in [3.63, 3.8) is 0 Å². The van der Waals surface area contributed by atoms with E-state index in [1.807, 2.05) is 24.3 Å². The molecule has 0 bridgehead atoms. The van der Waals surface area contributed by atoms with Crippen LogP contribution in [0.15, 0.2) is 68.4 Å². The van der Waals surface area contributed by atoms with Crippen LogP contribution in [0.25, 0.3) is 17.4 Å². The van der Waals surface area contributed by atoms with Crippen LogP contribution >= 0.6 is 27.7 Å². The third-order valence-electron chi connectivity index (χ3n) is 4.77. The van der Waals surface area contributed by atoms with Crippen molar-refractivity contribution in [3.8, 4) is 11.3 Å². The van der Waals surface area contributed by atoms with E-state index in [0.29, 0.717) is 0 Å². The molecule has 33 heavy (non-hydrogen) atoms. The molecule has 2 heterocycles. The van der Waals surface area contributed by atoms with Gasteiger partial charge in [0.25, 0.3) is 11.1 Å². The molecule has 8 nitrogen and oxygen atoms in total. The SMILES string of the molecule is O=C(O)c1cc(C(=O)O)cc(-c2ccc(/C=C3/SC(=O)N(Cc4ccccc4Br)C3=O)o2)c1. The highest BCUT2D eigenvalue weighted by molar-refractivity contribution is 9.10. The Balaban J connectivity index is 1.60. The molecule has 1 aliphatic heterocycles. The fraction of sp³-hybridized carbons (Fsp3) is 0.0435. The van der Waals surface area contributed by atoms with Gasteiger partial charge in [-0.1, -0.05) is 34.1 Å². The maximum atomic E-state index is 12.8. The normalized spacial score (nSPS) is 14.8. The average Bonchev–Trinajstić information content (AvgIpc) is 3.35. The second kappa shape index (κ2) is 9.08. The lowest BCUT2D eigenvalue weighted by Crippen LogP contribution is -2.27. The summed E-state index contributed by atoms with van der Waals surface area (Å²) in [5, 5.41) is 18.1. The van der Waals surface area contributed by atoms with E-state index in [1.54, 1.807) is 6.07 Å². The summed E-state index contributed by atoms with van der Waals surface area (Å²) in [5.41, 5.74) is 0.648. The number of hydrogen-bond acceptors (Lipinski definition) is 6. The number of halogens is 1. The van der Waals surface area contributed by atoms with Crippen molar-refractivity contribution in [2.24, 2.45) is 0 Å². The number of carbonyl (C=O) groups excluding carboxylic acids is 2. The summed E-state index contributed by atoms with van der Waals surface area (Å²) in [4.78, 5) is 49.2. The molecule has 1 saturated heterocycles. The number of rotatable bonds is 6. The van der Waals surface area contributed by atoms with Crippen molar-refractivity contribution in [2.45, 2.75) is 6.54 Å². The summed E-state index contributed by atoms with van der Waals surface area (Å²) in [7, 11) is 0. The summed E-state index contributed by atoms with van der Waals surface area (Å²) in [5.74, 6) is -2.53. The molecule has 3 aromatic rings. The fourth-order valence-electron chi connectivity index (χ4n) is 3.16. The highest BCUT2D eigenvalue weighted by Gasteiger charge is 2.35. The average molecular weight is 528 g/mol. The van der Waals surface area contributed by atoms with E-state index < -0.39 is 23.1 Å². The van der Waals surface area contributed by atoms with Gasteiger partial charge in [-0.15, -0.1) is 0 Å². The van der Waals surface area contributed by atoms with Crippen molar-refractivity contribution in [1.29, 1.82) is 0 Å². The van der Waals surface area contributed by atoms with Crippen LogP contribution in [0.5, 0.6) is 0 Å². The molecule has 0 aliphatic carbocycles. The molecular weight excluding hydrogens is 514 g/mol. The van der Waals surface area contributed by atoms with Gasteiger partial charge < -0.3 is 14.6 Å². The number of imide groups is 1. The quantitative estimate of drug-likeness (QED) is 0.411. The molecule has 2 amide bonds. The summed E-state index contributed by atoms with van der Waals surface area (Å²) >= 11 is 4.19. The highest BCUT2D eigenvalue weighted by atomic mass is 79.9. The maximum absolute atomic E-state index is 12.8. The molecule has 10 heteroatoms. The van der Waals surface area contributed by atoms with E-state index in [0.717, 1.165) is 32.8 Å². The number of benzene rings is 2. The predicted molar refractivity (Wildman–Crippen MR) is 124 cm³/mol. The number of hydrogen-bond donors (Lipinski definition) is 2. The van der Waals surface area contributed by atoms with Gasteiger partial charge in [0.05, 0.1) is 22.6 Å².